The van der Waals surface area contributed by atoms with Crippen molar-refractivity contribution in [1.82, 2.24) is 4.98 Å². The van der Waals surface area contributed by atoms with E-state index in [1.54, 1.807) is 6.20 Å². The third-order valence-electron chi connectivity index (χ3n) is 4.57. The summed E-state index contributed by atoms with van der Waals surface area (Å²) in [5.41, 5.74) is 7.57. The molecular formula is C15H22N2O. The Hall–Kier alpha value is -1.09. The molecule has 2 saturated carbocycles. The van der Waals surface area contributed by atoms with Crippen molar-refractivity contribution in [2.24, 2.45) is 23.5 Å². The van der Waals surface area contributed by atoms with Gasteiger partial charge in [-0.05, 0) is 49.1 Å². The van der Waals surface area contributed by atoms with Gasteiger partial charge < -0.3 is 10.5 Å². The van der Waals surface area contributed by atoms with E-state index in [0.717, 1.165) is 23.1 Å². The van der Waals surface area contributed by atoms with E-state index in [1.165, 1.54) is 25.7 Å². The summed E-state index contributed by atoms with van der Waals surface area (Å²) < 4.78 is 5.50. The number of hydrogen-bond donors (Lipinski definition) is 1. The molecule has 0 amide bonds. The number of nitrogens with two attached hydrogens (primary N) is 1. The molecule has 98 valence electrons. The number of hydrogen-bond acceptors (Lipinski definition) is 3. The van der Waals surface area contributed by atoms with Crippen LogP contribution in [0.15, 0.2) is 18.5 Å². The normalized spacial score (nSPS) is 31.6. The highest BCUT2D eigenvalue weighted by atomic mass is 16.5. The van der Waals surface area contributed by atoms with Crippen molar-refractivity contribution in [2.75, 3.05) is 6.61 Å². The van der Waals surface area contributed by atoms with Gasteiger partial charge >= 0.3 is 0 Å². The molecule has 1 heterocycles. The molecule has 3 atom stereocenters. The van der Waals surface area contributed by atoms with Crippen LogP contribution in [0.4, 0.5) is 0 Å². The van der Waals surface area contributed by atoms with Crippen molar-refractivity contribution in [2.45, 2.75) is 38.6 Å². The molecule has 2 N–H and O–H groups in total. The second-order valence-corrected chi connectivity index (χ2v) is 5.60. The number of rotatable bonds is 4. The molecule has 18 heavy (non-hydrogen) atoms. The van der Waals surface area contributed by atoms with Gasteiger partial charge in [0.2, 0.25) is 0 Å². The van der Waals surface area contributed by atoms with Gasteiger partial charge in [-0.3, -0.25) is 4.98 Å². The molecule has 3 rings (SSSR count). The molecule has 0 saturated heterocycles. The number of nitrogens with zero attached hydrogens (tertiary/aromatic N) is 1. The van der Waals surface area contributed by atoms with Crippen molar-refractivity contribution in [3.63, 3.8) is 0 Å². The summed E-state index contributed by atoms with van der Waals surface area (Å²) in [6.45, 7) is 2.66. The predicted molar refractivity (Wildman–Crippen MR) is 71.3 cm³/mol. The summed E-state index contributed by atoms with van der Waals surface area (Å²) in [5.74, 6) is 3.29. The SMILES string of the molecule is CCOc1cncc(C(N)C2C3CCCCC32)c1. The van der Waals surface area contributed by atoms with Gasteiger partial charge in [0, 0.05) is 12.2 Å². The minimum atomic E-state index is 0.144. The zero-order valence-corrected chi connectivity index (χ0v) is 11.0. The third-order valence-corrected chi connectivity index (χ3v) is 4.57. The summed E-state index contributed by atoms with van der Waals surface area (Å²) in [4.78, 5) is 4.25. The monoisotopic (exact) mass is 246 g/mol. The quantitative estimate of drug-likeness (QED) is 0.888. The van der Waals surface area contributed by atoms with Crippen LogP contribution in [0.2, 0.25) is 0 Å². The molecule has 3 unspecified atom stereocenters. The molecule has 2 fully saturated rings. The smallest absolute Gasteiger partial charge is 0.137 e. The Kier molecular flexibility index (Phi) is 3.25. The highest BCUT2D eigenvalue weighted by Crippen LogP contribution is 2.59. The summed E-state index contributed by atoms with van der Waals surface area (Å²) in [7, 11) is 0. The second-order valence-electron chi connectivity index (χ2n) is 5.60. The first kappa shape index (κ1) is 12.0. The lowest BCUT2D eigenvalue weighted by molar-refractivity contribution is 0.338. The van der Waals surface area contributed by atoms with Crippen LogP contribution in [0.25, 0.3) is 0 Å². The fourth-order valence-corrected chi connectivity index (χ4v) is 3.67. The molecule has 0 aliphatic heterocycles. The lowest BCUT2D eigenvalue weighted by Crippen LogP contribution is -2.14. The van der Waals surface area contributed by atoms with E-state index in [9.17, 15) is 0 Å². The van der Waals surface area contributed by atoms with Crippen LogP contribution in [0, 0.1) is 17.8 Å². The van der Waals surface area contributed by atoms with Crippen molar-refractivity contribution in [3.8, 4) is 5.75 Å². The van der Waals surface area contributed by atoms with E-state index in [2.05, 4.69) is 11.1 Å². The molecule has 0 aromatic carbocycles. The van der Waals surface area contributed by atoms with E-state index >= 15 is 0 Å². The Morgan fingerprint density at radius 3 is 2.72 bits per heavy atom. The van der Waals surface area contributed by atoms with Gasteiger partial charge in [-0.25, -0.2) is 0 Å². The molecule has 3 nitrogen and oxygen atoms in total. The van der Waals surface area contributed by atoms with E-state index in [-0.39, 0.29) is 6.04 Å². The van der Waals surface area contributed by atoms with Crippen molar-refractivity contribution >= 4 is 0 Å². The zero-order valence-electron chi connectivity index (χ0n) is 11.0. The van der Waals surface area contributed by atoms with Crippen LogP contribution < -0.4 is 10.5 Å². The summed E-state index contributed by atoms with van der Waals surface area (Å²) >= 11 is 0. The van der Waals surface area contributed by atoms with Gasteiger partial charge in [0.15, 0.2) is 0 Å². The van der Waals surface area contributed by atoms with Gasteiger partial charge in [0.25, 0.3) is 0 Å². The molecule has 1 aromatic rings. The van der Waals surface area contributed by atoms with Gasteiger partial charge in [-0.2, -0.15) is 0 Å². The zero-order chi connectivity index (χ0) is 12.5. The van der Waals surface area contributed by atoms with E-state index in [1.807, 2.05) is 13.1 Å². The van der Waals surface area contributed by atoms with Crippen molar-refractivity contribution in [3.05, 3.63) is 24.0 Å². The summed E-state index contributed by atoms with van der Waals surface area (Å²) in [5, 5.41) is 0. The maximum absolute atomic E-state index is 6.43. The minimum Gasteiger partial charge on any atom is -0.492 e. The first-order valence-corrected chi connectivity index (χ1v) is 7.14. The summed E-state index contributed by atoms with van der Waals surface area (Å²) in [6, 6.07) is 2.21. The first-order chi connectivity index (χ1) is 8.81. The Morgan fingerprint density at radius 2 is 2.06 bits per heavy atom. The average Bonchev–Trinajstić information content (AvgIpc) is 3.13. The fourth-order valence-electron chi connectivity index (χ4n) is 3.67. The molecular weight excluding hydrogens is 224 g/mol. The van der Waals surface area contributed by atoms with E-state index in [0.29, 0.717) is 12.5 Å². The van der Waals surface area contributed by atoms with Crippen LogP contribution in [0.5, 0.6) is 5.75 Å². The number of fused-ring (bicyclic) bond motifs is 1. The van der Waals surface area contributed by atoms with Gasteiger partial charge in [0.1, 0.15) is 5.75 Å². The van der Waals surface area contributed by atoms with Gasteiger partial charge in [-0.1, -0.05) is 12.8 Å². The molecule has 1 aromatic heterocycles. The fraction of sp³-hybridized carbons (Fsp3) is 0.667. The standard InChI is InChI=1S/C15H22N2O/c1-2-18-11-7-10(8-17-9-11)15(16)14-12-5-3-4-6-13(12)14/h7-9,12-15H,2-6,16H2,1H3. The van der Waals surface area contributed by atoms with Crippen LogP contribution in [-0.4, -0.2) is 11.6 Å². The van der Waals surface area contributed by atoms with Gasteiger partial charge in [0.05, 0.1) is 12.8 Å². The molecule has 0 spiro atoms. The molecule has 3 heteroatoms. The highest BCUT2D eigenvalue weighted by Gasteiger charge is 2.53. The number of ether oxygens (including phenoxy) is 1. The van der Waals surface area contributed by atoms with E-state index < -0.39 is 0 Å². The third kappa shape index (κ3) is 2.12. The Morgan fingerprint density at radius 1 is 1.33 bits per heavy atom. The Balaban J connectivity index is 1.72. The lowest BCUT2D eigenvalue weighted by atomic mass is 10.0. The topological polar surface area (TPSA) is 48.1 Å². The second kappa shape index (κ2) is 4.88. The van der Waals surface area contributed by atoms with Crippen LogP contribution in [0.1, 0.15) is 44.2 Å². The molecule has 2 aliphatic carbocycles. The number of aromatic nitrogens is 1. The maximum Gasteiger partial charge on any atom is 0.137 e. The average molecular weight is 246 g/mol. The Bertz CT molecular complexity index is 409. The lowest BCUT2D eigenvalue weighted by Gasteiger charge is -2.13. The van der Waals surface area contributed by atoms with Crippen LogP contribution >= 0.6 is 0 Å². The van der Waals surface area contributed by atoms with Crippen molar-refractivity contribution < 1.29 is 4.74 Å². The molecule has 0 radical (unpaired) electrons. The summed E-state index contributed by atoms with van der Waals surface area (Å²) in [6.07, 6.45) is 9.20. The number of pyridine rings is 1. The van der Waals surface area contributed by atoms with Crippen molar-refractivity contribution in [1.29, 1.82) is 0 Å². The first-order valence-electron chi connectivity index (χ1n) is 7.14. The van der Waals surface area contributed by atoms with E-state index in [4.69, 9.17) is 10.5 Å². The predicted octanol–water partition coefficient (Wildman–Crippen LogP) is 2.92. The minimum absolute atomic E-state index is 0.144. The molecule has 2 aliphatic rings. The highest BCUT2D eigenvalue weighted by molar-refractivity contribution is 5.28. The molecule has 0 bridgehead atoms. The Labute approximate surface area is 109 Å². The van der Waals surface area contributed by atoms with Crippen LogP contribution in [0.3, 0.4) is 0 Å². The van der Waals surface area contributed by atoms with Crippen LogP contribution in [-0.2, 0) is 0 Å². The largest absolute Gasteiger partial charge is 0.492 e. The maximum atomic E-state index is 6.43. The van der Waals surface area contributed by atoms with Gasteiger partial charge in [-0.15, -0.1) is 0 Å².